The van der Waals surface area contributed by atoms with Crippen molar-refractivity contribution in [3.05, 3.63) is 23.8 Å². The van der Waals surface area contributed by atoms with Crippen LogP contribution < -0.4 is 9.64 Å². The molecule has 16 heavy (non-hydrogen) atoms. The number of unbranched alkanes of at least 4 members (excludes halogenated alkanes) is 1. The molecular formula is C13H19NO2. The van der Waals surface area contributed by atoms with Crippen molar-refractivity contribution >= 4 is 5.69 Å². The lowest BCUT2D eigenvalue weighted by atomic mass is 10.1. The van der Waals surface area contributed by atoms with Crippen molar-refractivity contribution in [1.29, 1.82) is 0 Å². The van der Waals surface area contributed by atoms with E-state index in [-0.39, 0.29) is 6.61 Å². The van der Waals surface area contributed by atoms with E-state index in [1.807, 2.05) is 18.2 Å². The van der Waals surface area contributed by atoms with Crippen molar-refractivity contribution in [3.63, 3.8) is 0 Å². The zero-order valence-corrected chi connectivity index (χ0v) is 9.78. The van der Waals surface area contributed by atoms with Crippen molar-refractivity contribution < 1.29 is 9.84 Å². The number of hydrogen-bond acceptors (Lipinski definition) is 3. The first-order chi connectivity index (χ1) is 7.85. The number of aliphatic hydroxyl groups is 1. The van der Waals surface area contributed by atoms with Gasteiger partial charge in [0.1, 0.15) is 12.4 Å². The zero-order chi connectivity index (χ0) is 11.4. The SMILES string of the molecule is CCCCN1CCOc2ccc(CO)cc21. The van der Waals surface area contributed by atoms with Crippen LogP contribution in [0, 0.1) is 0 Å². The second-order valence-electron chi connectivity index (χ2n) is 4.15. The smallest absolute Gasteiger partial charge is 0.142 e. The Kier molecular flexibility index (Phi) is 3.67. The summed E-state index contributed by atoms with van der Waals surface area (Å²) in [5.74, 6) is 0.944. The number of anilines is 1. The summed E-state index contributed by atoms with van der Waals surface area (Å²) >= 11 is 0. The van der Waals surface area contributed by atoms with Crippen LogP contribution in [0.1, 0.15) is 25.3 Å². The fraction of sp³-hybridized carbons (Fsp3) is 0.538. The number of aliphatic hydroxyl groups excluding tert-OH is 1. The molecule has 0 fully saturated rings. The quantitative estimate of drug-likeness (QED) is 0.846. The summed E-state index contributed by atoms with van der Waals surface area (Å²) in [6.45, 7) is 5.07. The summed E-state index contributed by atoms with van der Waals surface area (Å²) in [5.41, 5.74) is 2.08. The monoisotopic (exact) mass is 221 g/mol. The van der Waals surface area contributed by atoms with Gasteiger partial charge in [-0.05, 0) is 24.1 Å². The normalized spacial score (nSPS) is 14.5. The van der Waals surface area contributed by atoms with E-state index < -0.39 is 0 Å². The maximum atomic E-state index is 9.14. The van der Waals surface area contributed by atoms with E-state index in [2.05, 4.69) is 11.8 Å². The molecule has 0 saturated heterocycles. The Labute approximate surface area is 96.6 Å². The van der Waals surface area contributed by atoms with Crippen LogP contribution in [0.5, 0.6) is 5.75 Å². The molecule has 88 valence electrons. The lowest BCUT2D eigenvalue weighted by molar-refractivity contribution is 0.280. The minimum absolute atomic E-state index is 0.0922. The first-order valence-electron chi connectivity index (χ1n) is 5.96. The average molecular weight is 221 g/mol. The molecule has 0 aliphatic carbocycles. The Morgan fingerprint density at radius 1 is 1.44 bits per heavy atom. The van der Waals surface area contributed by atoms with Gasteiger partial charge in [0.2, 0.25) is 0 Å². The van der Waals surface area contributed by atoms with E-state index in [1.165, 1.54) is 12.8 Å². The highest BCUT2D eigenvalue weighted by molar-refractivity contribution is 5.61. The van der Waals surface area contributed by atoms with Gasteiger partial charge < -0.3 is 14.7 Å². The van der Waals surface area contributed by atoms with Crippen molar-refractivity contribution in [2.75, 3.05) is 24.6 Å². The molecule has 1 aromatic rings. The van der Waals surface area contributed by atoms with Gasteiger partial charge in [-0.15, -0.1) is 0 Å². The number of nitrogens with zero attached hydrogens (tertiary/aromatic N) is 1. The molecule has 0 aromatic heterocycles. The van der Waals surface area contributed by atoms with E-state index in [0.717, 1.165) is 36.7 Å². The molecule has 0 radical (unpaired) electrons. The second kappa shape index (κ2) is 5.21. The van der Waals surface area contributed by atoms with Gasteiger partial charge in [-0.25, -0.2) is 0 Å². The van der Waals surface area contributed by atoms with Crippen LogP contribution in [0.3, 0.4) is 0 Å². The molecule has 0 saturated carbocycles. The molecule has 1 aliphatic heterocycles. The maximum Gasteiger partial charge on any atom is 0.142 e. The molecule has 1 heterocycles. The summed E-state index contributed by atoms with van der Waals surface area (Å²) in [6.07, 6.45) is 2.40. The van der Waals surface area contributed by atoms with Gasteiger partial charge in [0, 0.05) is 6.54 Å². The summed E-state index contributed by atoms with van der Waals surface area (Å²) in [4.78, 5) is 2.35. The van der Waals surface area contributed by atoms with Crippen LogP contribution in [-0.2, 0) is 6.61 Å². The first kappa shape index (κ1) is 11.3. The van der Waals surface area contributed by atoms with Gasteiger partial charge in [0.15, 0.2) is 0 Å². The molecule has 1 aromatic carbocycles. The third-order valence-electron chi connectivity index (χ3n) is 2.95. The molecule has 3 heteroatoms. The van der Waals surface area contributed by atoms with E-state index >= 15 is 0 Å². The Bertz CT molecular complexity index is 352. The number of rotatable bonds is 4. The van der Waals surface area contributed by atoms with Gasteiger partial charge in [-0.2, -0.15) is 0 Å². The van der Waals surface area contributed by atoms with Crippen molar-refractivity contribution in [2.45, 2.75) is 26.4 Å². The Morgan fingerprint density at radius 2 is 2.31 bits per heavy atom. The minimum atomic E-state index is 0.0922. The largest absolute Gasteiger partial charge is 0.490 e. The number of hydrogen-bond donors (Lipinski definition) is 1. The number of ether oxygens (including phenoxy) is 1. The summed E-state index contributed by atoms with van der Waals surface area (Å²) in [7, 11) is 0. The number of fused-ring (bicyclic) bond motifs is 1. The second-order valence-corrected chi connectivity index (χ2v) is 4.15. The predicted octanol–water partition coefficient (Wildman–Crippen LogP) is 2.18. The van der Waals surface area contributed by atoms with Crippen LogP contribution in [0.4, 0.5) is 5.69 Å². The molecule has 1 N–H and O–H groups in total. The van der Waals surface area contributed by atoms with E-state index in [1.54, 1.807) is 0 Å². The van der Waals surface area contributed by atoms with E-state index in [4.69, 9.17) is 9.84 Å². The van der Waals surface area contributed by atoms with Gasteiger partial charge in [-0.3, -0.25) is 0 Å². The Morgan fingerprint density at radius 3 is 3.06 bits per heavy atom. The highest BCUT2D eigenvalue weighted by atomic mass is 16.5. The molecule has 0 bridgehead atoms. The van der Waals surface area contributed by atoms with Gasteiger partial charge >= 0.3 is 0 Å². The van der Waals surface area contributed by atoms with Gasteiger partial charge in [0.05, 0.1) is 18.8 Å². The Hall–Kier alpha value is -1.22. The highest BCUT2D eigenvalue weighted by Crippen LogP contribution is 2.32. The topological polar surface area (TPSA) is 32.7 Å². The van der Waals surface area contributed by atoms with Gasteiger partial charge in [-0.1, -0.05) is 19.4 Å². The molecule has 0 amide bonds. The molecule has 0 spiro atoms. The van der Waals surface area contributed by atoms with Crippen LogP contribution in [-0.4, -0.2) is 24.8 Å². The first-order valence-corrected chi connectivity index (χ1v) is 5.96. The lowest BCUT2D eigenvalue weighted by Crippen LogP contribution is -2.33. The fourth-order valence-electron chi connectivity index (χ4n) is 2.00. The maximum absolute atomic E-state index is 9.14. The molecule has 2 rings (SSSR count). The third-order valence-corrected chi connectivity index (χ3v) is 2.95. The van der Waals surface area contributed by atoms with Crippen LogP contribution in [0.15, 0.2) is 18.2 Å². The summed E-state index contributed by atoms with van der Waals surface area (Å²) < 4.78 is 5.61. The third kappa shape index (κ3) is 2.30. The minimum Gasteiger partial charge on any atom is -0.490 e. The van der Waals surface area contributed by atoms with Crippen LogP contribution >= 0.6 is 0 Å². The molecule has 0 atom stereocenters. The number of benzene rings is 1. The lowest BCUT2D eigenvalue weighted by Gasteiger charge is -2.31. The Balaban J connectivity index is 2.21. The highest BCUT2D eigenvalue weighted by Gasteiger charge is 2.17. The molecular weight excluding hydrogens is 202 g/mol. The van der Waals surface area contributed by atoms with Crippen LogP contribution in [0.25, 0.3) is 0 Å². The van der Waals surface area contributed by atoms with Crippen molar-refractivity contribution in [2.24, 2.45) is 0 Å². The standard InChI is InChI=1S/C13H19NO2/c1-2-3-6-14-7-8-16-13-5-4-11(10-15)9-12(13)14/h4-5,9,15H,2-3,6-8,10H2,1H3. The fourth-order valence-corrected chi connectivity index (χ4v) is 2.00. The van der Waals surface area contributed by atoms with Crippen LogP contribution in [0.2, 0.25) is 0 Å². The molecule has 1 aliphatic rings. The van der Waals surface area contributed by atoms with Crippen molar-refractivity contribution in [1.82, 2.24) is 0 Å². The van der Waals surface area contributed by atoms with E-state index in [9.17, 15) is 0 Å². The predicted molar refractivity (Wildman–Crippen MR) is 65.0 cm³/mol. The average Bonchev–Trinajstić information content (AvgIpc) is 2.35. The van der Waals surface area contributed by atoms with E-state index in [0.29, 0.717) is 0 Å². The summed E-state index contributed by atoms with van der Waals surface area (Å²) in [6, 6.07) is 5.91. The van der Waals surface area contributed by atoms with Gasteiger partial charge in [0.25, 0.3) is 0 Å². The molecule has 3 nitrogen and oxygen atoms in total. The zero-order valence-electron chi connectivity index (χ0n) is 9.78. The van der Waals surface area contributed by atoms with Crippen molar-refractivity contribution in [3.8, 4) is 5.75 Å². The summed E-state index contributed by atoms with van der Waals surface area (Å²) in [5, 5.41) is 9.14. The molecule has 0 unspecified atom stereocenters.